The summed E-state index contributed by atoms with van der Waals surface area (Å²) in [6, 6.07) is 0. The molecule has 0 rings (SSSR count). The Morgan fingerprint density at radius 1 is 0.867 bits per heavy atom. The van der Waals surface area contributed by atoms with Crippen molar-refractivity contribution in [1.82, 2.24) is 0 Å². The molecule has 0 aliphatic rings. The predicted molar refractivity (Wildman–Crippen MR) is 50.5 cm³/mol. The normalized spacial score (nSPS) is 12.2. The van der Waals surface area contributed by atoms with Crippen LogP contribution in [0.3, 0.4) is 0 Å². The van der Waals surface area contributed by atoms with E-state index >= 15 is 0 Å². The minimum atomic E-state index is -2.27. The minimum absolute atomic E-state index is 0. The van der Waals surface area contributed by atoms with Gasteiger partial charge in [-0.2, -0.15) is 0 Å². The summed E-state index contributed by atoms with van der Waals surface area (Å²) in [7, 11) is 0. The molecule has 88 valence electrons. The summed E-state index contributed by atoms with van der Waals surface area (Å²) in [6.07, 6.45) is -4.53. The Hall–Kier alpha value is -1.14. The molecule has 0 heterocycles. The first-order chi connectivity index (χ1) is 6.20. The number of carboxylic acids is 3. The van der Waals surface area contributed by atoms with Crippen molar-refractivity contribution in [2.24, 2.45) is 0 Å². The van der Waals surface area contributed by atoms with Crippen LogP contribution in [-0.4, -0.2) is 73.0 Å². The number of hydrogen-bond donors (Lipinski definition) is 5. The van der Waals surface area contributed by atoms with E-state index in [-0.39, 0.29) is 17.4 Å². The highest BCUT2D eigenvalue weighted by molar-refractivity contribution is 5.83. The van der Waals surface area contributed by atoms with Crippen LogP contribution < -0.4 is 0 Å². The number of aliphatic carboxylic acids is 3. The number of aliphatic hydroxyl groups is 2. The van der Waals surface area contributed by atoms with Gasteiger partial charge in [0.15, 0.2) is 29.6 Å². The zero-order valence-electron chi connectivity index (χ0n) is 7.12. The maximum Gasteiger partial charge on any atom is 0.335 e. The summed E-state index contributed by atoms with van der Waals surface area (Å²) in [5.41, 5.74) is 0. The van der Waals surface area contributed by atoms with E-state index in [4.69, 9.17) is 30.3 Å². The van der Waals surface area contributed by atoms with Crippen LogP contribution in [0.2, 0.25) is 0 Å². The van der Waals surface area contributed by atoms with Crippen LogP contribution >= 0.6 is 0 Å². The zero-order chi connectivity index (χ0) is 11.9. The zero-order valence-corrected chi connectivity index (χ0v) is 7.12. The number of rotatable bonds is 3. The fourth-order valence-electron chi connectivity index (χ4n) is 0.270. The van der Waals surface area contributed by atoms with Gasteiger partial charge in [0, 0.05) is 6.92 Å². The van der Waals surface area contributed by atoms with Gasteiger partial charge in [0.25, 0.3) is 5.97 Å². The topological polar surface area (TPSA) is 152 Å². The first-order valence-electron chi connectivity index (χ1n) is 3.21. The van der Waals surface area contributed by atoms with Gasteiger partial charge < -0.3 is 25.5 Å². The number of hydrogen-bond acceptors (Lipinski definition) is 5. The van der Waals surface area contributed by atoms with Gasteiger partial charge in [-0.15, -0.1) is 0 Å². The number of carbonyl (C=O) groups is 3. The third-order valence-electron chi connectivity index (χ3n) is 0.805. The van der Waals surface area contributed by atoms with Gasteiger partial charge in [0.2, 0.25) is 0 Å². The summed E-state index contributed by atoms with van der Waals surface area (Å²) in [4.78, 5) is 28.5. The Balaban J connectivity index is -0.000000249. The third kappa shape index (κ3) is 12.9. The first kappa shape index (κ1) is 19.4. The molecule has 8 nitrogen and oxygen atoms in total. The Morgan fingerprint density at radius 3 is 1.07 bits per heavy atom. The average Bonchev–Trinajstić information content (AvgIpc) is 2.00. The van der Waals surface area contributed by atoms with Gasteiger partial charge in [-0.05, 0) is 0 Å². The Bertz CT molecular complexity index is 205. The number of carboxylic acid groups (broad SMARTS) is 3. The Morgan fingerprint density at radius 2 is 1.00 bits per heavy atom. The Labute approximate surface area is 94.9 Å². The summed E-state index contributed by atoms with van der Waals surface area (Å²) in [6.45, 7) is 1.08. The summed E-state index contributed by atoms with van der Waals surface area (Å²) in [5.74, 6) is -4.37. The van der Waals surface area contributed by atoms with Crippen LogP contribution in [0.15, 0.2) is 0 Å². The number of aliphatic hydroxyl groups excluding tert-OH is 2. The molecule has 0 aromatic rings. The van der Waals surface area contributed by atoms with Gasteiger partial charge in [-0.25, -0.2) is 9.59 Å². The molecule has 0 fully saturated rings. The molecule has 0 radical (unpaired) electrons. The lowest BCUT2D eigenvalue weighted by Gasteiger charge is -2.07. The molecule has 0 aliphatic carbocycles. The summed E-state index contributed by atoms with van der Waals surface area (Å²) < 4.78 is 0. The van der Waals surface area contributed by atoms with Gasteiger partial charge in [0.05, 0.1) is 0 Å². The largest absolute Gasteiger partial charge is 0.481 e. The molecule has 2 unspecified atom stereocenters. The molecule has 0 aromatic heterocycles. The van der Waals surface area contributed by atoms with Crippen molar-refractivity contribution < 1.29 is 39.9 Å². The SMILES string of the molecule is CC(=O)O.O=C(O)C(O)C(O)C(=O)O.[AlH3]. The van der Waals surface area contributed by atoms with Crippen LogP contribution in [0.1, 0.15) is 6.92 Å². The van der Waals surface area contributed by atoms with E-state index in [1.54, 1.807) is 0 Å². The van der Waals surface area contributed by atoms with E-state index in [1.165, 1.54) is 0 Å². The maximum absolute atomic E-state index is 9.77. The fraction of sp³-hybridized carbons (Fsp3) is 0.500. The summed E-state index contributed by atoms with van der Waals surface area (Å²) in [5, 5.41) is 39.9. The standard InChI is InChI=1S/C4H6O6.C2H4O2.Al.3H/c5-1(3(7)8)2(6)4(9)10;1-2(3)4;;;;/h1-2,5-6H,(H,7,8)(H,9,10);1H3,(H,3,4);;;;. The van der Waals surface area contributed by atoms with Gasteiger partial charge >= 0.3 is 11.9 Å². The maximum atomic E-state index is 9.77. The molecule has 2 atom stereocenters. The van der Waals surface area contributed by atoms with Crippen molar-refractivity contribution in [2.75, 3.05) is 0 Å². The lowest BCUT2D eigenvalue weighted by Crippen LogP contribution is -2.39. The van der Waals surface area contributed by atoms with Crippen LogP contribution in [0.25, 0.3) is 0 Å². The van der Waals surface area contributed by atoms with Crippen LogP contribution in [0, 0.1) is 0 Å². The molecule has 0 saturated carbocycles. The predicted octanol–water partition coefficient (Wildman–Crippen LogP) is -3.22. The van der Waals surface area contributed by atoms with Gasteiger partial charge in [-0.3, -0.25) is 4.79 Å². The second-order valence-corrected chi connectivity index (χ2v) is 2.09. The quantitative estimate of drug-likeness (QED) is 0.323. The molecule has 0 spiro atoms. The molecule has 15 heavy (non-hydrogen) atoms. The third-order valence-corrected chi connectivity index (χ3v) is 0.805. The molecule has 0 aromatic carbocycles. The highest BCUT2D eigenvalue weighted by Crippen LogP contribution is 1.92. The van der Waals surface area contributed by atoms with Crippen molar-refractivity contribution >= 4 is 35.3 Å². The van der Waals surface area contributed by atoms with E-state index in [2.05, 4.69) is 0 Å². The lowest BCUT2D eigenvalue weighted by atomic mass is 10.2. The first-order valence-corrected chi connectivity index (χ1v) is 3.21. The summed E-state index contributed by atoms with van der Waals surface area (Å²) >= 11 is 0. The van der Waals surface area contributed by atoms with Crippen LogP contribution in [0.5, 0.6) is 0 Å². The Kier molecular flexibility index (Phi) is 12.2. The highest BCUT2D eigenvalue weighted by Gasteiger charge is 2.29. The molecule has 0 saturated heterocycles. The van der Waals surface area contributed by atoms with E-state index in [9.17, 15) is 9.59 Å². The van der Waals surface area contributed by atoms with Gasteiger partial charge in [0.1, 0.15) is 0 Å². The highest BCUT2D eigenvalue weighted by atomic mass is 27.0. The van der Waals surface area contributed by atoms with Crippen molar-refractivity contribution in [1.29, 1.82) is 0 Å². The fourth-order valence-corrected chi connectivity index (χ4v) is 0.270. The molecule has 0 aliphatic heterocycles. The molecule has 9 heteroatoms. The minimum Gasteiger partial charge on any atom is -0.481 e. The molecular weight excluding hydrogens is 227 g/mol. The van der Waals surface area contributed by atoms with Crippen LogP contribution in [-0.2, 0) is 14.4 Å². The van der Waals surface area contributed by atoms with Crippen LogP contribution in [0.4, 0.5) is 0 Å². The second kappa shape index (κ2) is 9.42. The van der Waals surface area contributed by atoms with E-state index in [0.29, 0.717) is 0 Å². The van der Waals surface area contributed by atoms with Crippen molar-refractivity contribution in [3.05, 3.63) is 0 Å². The van der Waals surface area contributed by atoms with Crippen molar-refractivity contribution in [2.45, 2.75) is 19.1 Å². The smallest absolute Gasteiger partial charge is 0.335 e. The van der Waals surface area contributed by atoms with Crippen molar-refractivity contribution in [3.8, 4) is 0 Å². The molecule has 0 bridgehead atoms. The molecule has 0 amide bonds. The second-order valence-electron chi connectivity index (χ2n) is 2.09. The van der Waals surface area contributed by atoms with Crippen molar-refractivity contribution in [3.63, 3.8) is 0 Å². The van der Waals surface area contributed by atoms with E-state index in [1.807, 2.05) is 0 Å². The van der Waals surface area contributed by atoms with E-state index in [0.717, 1.165) is 6.92 Å². The lowest BCUT2D eigenvalue weighted by molar-refractivity contribution is -0.165. The van der Waals surface area contributed by atoms with Gasteiger partial charge in [-0.1, -0.05) is 0 Å². The molecular formula is C6H13AlO8. The molecule has 5 N–H and O–H groups in total. The van der Waals surface area contributed by atoms with E-state index < -0.39 is 30.1 Å². The monoisotopic (exact) mass is 240 g/mol. The average molecular weight is 240 g/mol.